The van der Waals surface area contributed by atoms with Crippen molar-refractivity contribution < 1.29 is 9.90 Å². The zero-order valence-corrected chi connectivity index (χ0v) is 9.14. The van der Waals surface area contributed by atoms with E-state index in [1.807, 2.05) is 0 Å². The van der Waals surface area contributed by atoms with Crippen LogP contribution in [0.1, 0.15) is 11.1 Å². The number of rotatable bonds is 3. The molecule has 0 saturated heterocycles. The van der Waals surface area contributed by atoms with Crippen molar-refractivity contribution in [1.29, 1.82) is 0 Å². The number of carboxylic acid groups (broad SMARTS) is 1. The lowest BCUT2D eigenvalue weighted by Crippen LogP contribution is -1.97. The van der Waals surface area contributed by atoms with Gasteiger partial charge in [-0.15, -0.1) is 0 Å². The number of hydrogen-bond acceptors (Lipinski definition) is 2. The molecule has 0 saturated carbocycles. The highest BCUT2D eigenvalue weighted by atomic mass is 35.5. The van der Waals surface area contributed by atoms with Crippen LogP contribution < -0.4 is 0 Å². The zero-order chi connectivity index (χ0) is 12.1. The molecule has 0 bridgehead atoms. The summed E-state index contributed by atoms with van der Waals surface area (Å²) in [5.41, 5.74) is 9.19. The van der Waals surface area contributed by atoms with E-state index in [2.05, 4.69) is 10.0 Å². The van der Waals surface area contributed by atoms with Crippen molar-refractivity contribution in [3.05, 3.63) is 50.5 Å². The van der Waals surface area contributed by atoms with Crippen LogP contribution in [-0.4, -0.2) is 11.1 Å². The third kappa shape index (κ3) is 2.76. The molecular formula is C10H8ClN3O2. The fraction of sp³-hybridized carbons (Fsp3) is 0.100. The number of hydrogen-bond donors (Lipinski definition) is 1. The van der Waals surface area contributed by atoms with Crippen molar-refractivity contribution in [3.8, 4) is 0 Å². The molecule has 0 atom stereocenters. The smallest absolute Gasteiger partial charge is 0.338 e. The molecule has 82 valence electrons. The van der Waals surface area contributed by atoms with Crippen LogP contribution in [-0.2, 0) is 4.79 Å². The van der Waals surface area contributed by atoms with Gasteiger partial charge in [0.05, 0.1) is 0 Å². The Balaban J connectivity index is 3.28. The molecule has 6 heteroatoms. The van der Waals surface area contributed by atoms with Crippen LogP contribution >= 0.6 is 11.6 Å². The number of benzene rings is 1. The summed E-state index contributed by atoms with van der Waals surface area (Å²) in [5.74, 6) is -1.28. The van der Waals surface area contributed by atoms with Gasteiger partial charge in [0.1, 0.15) is 5.70 Å². The maximum Gasteiger partial charge on any atom is 0.338 e. The fourth-order valence-corrected chi connectivity index (χ4v) is 1.29. The monoisotopic (exact) mass is 237 g/mol. The predicted octanol–water partition coefficient (Wildman–Crippen LogP) is 3.38. The van der Waals surface area contributed by atoms with Crippen LogP contribution in [0.25, 0.3) is 16.5 Å². The first kappa shape index (κ1) is 12.1. The van der Waals surface area contributed by atoms with Gasteiger partial charge in [0, 0.05) is 9.93 Å². The second-order valence-corrected chi connectivity index (χ2v) is 3.39. The Bertz CT molecular complexity index is 501. The summed E-state index contributed by atoms with van der Waals surface area (Å²) in [6.45, 7) is 1.75. The molecule has 0 aliphatic rings. The molecule has 16 heavy (non-hydrogen) atoms. The molecule has 0 spiro atoms. The van der Waals surface area contributed by atoms with Crippen molar-refractivity contribution in [2.75, 3.05) is 0 Å². The highest BCUT2D eigenvalue weighted by molar-refractivity contribution is 6.31. The van der Waals surface area contributed by atoms with Gasteiger partial charge in [-0.1, -0.05) is 28.8 Å². The van der Waals surface area contributed by atoms with E-state index >= 15 is 0 Å². The Morgan fingerprint density at radius 2 is 2.31 bits per heavy atom. The summed E-state index contributed by atoms with van der Waals surface area (Å²) in [6.07, 6.45) is 1.28. The van der Waals surface area contributed by atoms with E-state index in [0.29, 0.717) is 10.6 Å². The third-order valence-corrected chi connectivity index (χ3v) is 2.38. The van der Waals surface area contributed by atoms with Crippen molar-refractivity contribution in [1.82, 2.24) is 0 Å². The van der Waals surface area contributed by atoms with E-state index < -0.39 is 5.97 Å². The Morgan fingerprint density at radius 3 is 2.88 bits per heavy atom. The molecule has 0 amide bonds. The minimum Gasteiger partial charge on any atom is -0.478 e. The molecule has 0 aromatic heterocycles. The molecule has 0 aliphatic heterocycles. The normalized spacial score (nSPS) is 10.8. The summed E-state index contributed by atoms with van der Waals surface area (Å²) in [4.78, 5) is 13.2. The maximum atomic E-state index is 10.7. The number of nitrogens with zero attached hydrogens (tertiary/aromatic N) is 3. The predicted molar refractivity (Wildman–Crippen MR) is 60.9 cm³/mol. The van der Waals surface area contributed by atoms with E-state index in [-0.39, 0.29) is 5.70 Å². The summed E-state index contributed by atoms with van der Waals surface area (Å²) in [7, 11) is 0. The van der Waals surface area contributed by atoms with E-state index in [1.165, 1.54) is 6.08 Å². The quantitative estimate of drug-likeness (QED) is 0.378. The minimum absolute atomic E-state index is 0.368. The molecule has 0 heterocycles. The molecule has 0 aliphatic carbocycles. The van der Waals surface area contributed by atoms with Crippen LogP contribution in [0.5, 0.6) is 0 Å². The molecule has 0 unspecified atom stereocenters. The number of azide groups is 1. The highest BCUT2D eigenvalue weighted by Crippen LogP contribution is 2.21. The van der Waals surface area contributed by atoms with Crippen LogP contribution in [0.15, 0.2) is 29.0 Å². The van der Waals surface area contributed by atoms with Gasteiger partial charge in [0.15, 0.2) is 0 Å². The van der Waals surface area contributed by atoms with E-state index in [0.717, 1.165) is 5.56 Å². The van der Waals surface area contributed by atoms with Crippen molar-refractivity contribution in [2.45, 2.75) is 6.92 Å². The third-order valence-electron chi connectivity index (χ3n) is 1.97. The second kappa shape index (κ2) is 5.21. The Kier molecular flexibility index (Phi) is 3.94. The average molecular weight is 238 g/mol. The van der Waals surface area contributed by atoms with Gasteiger partial charge in [-0.25, -0.2) is 4.79 Å². The van der Waals surface area contributed by atoms with Gasteiger partial charge in [0.2, 0.25) is 0 Å². The van der Waals surface area contributed by atoms with Crippen LogP contribution in [0.3, 0.4) is 0 Å². The number of carbonyl (C=O) groups is 1. The zero-order valence-electron chi connectivity index (χ0n) is 8.38. The summed E-state index contributed by atoms with van der Waals surface area (Å²) < 4.78 is 0. The van der Waals surface area contributed by atoms with Gasteiger partial charge in [-0.2, -0.15) is 0 Å². The first-order chi connectivity index (χ1) is 7.56. The lowest BCUT2D eigenvalue weighted by molar-refractivity contribution is -0.132. The molecule has 5 nitrogen and oxygen atoms in total. The molecule has 1 aromatic rings. The van der Waals surface area contributed by atoms with E-state index in [1.54, 1.807) is 25.1 Å². The molecule has 1 rings (SSSR count). The number of carboxylic acids is 1. The van der Waals surface area contributed by atoms with Crippen molar-refractivity contribution >= 4 is 23.6 Å². The Morgan fingerprint density at radius 1 is 1.62 bits per heavy atom. The number of halogens is 1. The maximum absolute atomic E-state index is 10.7. The van der Waals surface area contributed by atoms with Gasteiger partial charge < -0.3 is 5.11 Å². The molecular weight excluding hydrogens is 230 g/mol. The van der Waals surface area contributed by atoms with Gasteiger partial charge >= 0.3 is 5.97 Å². The largest absolute Gasteiger partial charge is 0.478 e. The Labute approximate surface area is 96.6 Å². The molecule has 1 aromatic carbocycles. The van der Waals surface area contributed by atoms with Gasteiger partial charge in [-0.3, -0.25) is 0 Å². The summed E-state index contributed by atoms with van der Waals surface area (Å²) in [6, 6.07) is 5.08. The molecule has 0 fully saturated rings. The second-order valence-electron chi connectivity index (χ2n) is 2.98. The van der Waals surface area contributed by atoms with E-state index in [4.69, 9.17) is 22.2 Å². The summed E-state index contributed by atoms with van der Waals surface area (Å²) in [5, 5.41) is 12.4. The standard InChI is InChI=1S/C10H8ClN3O2/c1-6-7(3-2-4-8(6)11)5-9(10(15)16)13-14-12/h2-5H,1H3,(H,15,16)/b9-5-. The van der Waals surface area contributed by atoms with Crippen molar-refractivity contribution in [3.63, 3.8) is 0 Å². The minimum atomic E-state index is -1.28. The SMILES string of the molecule is Cc1c(Cl)cccc1/C=C(\N=[N+]=[N-])C(=O)O. The summed E-state index contributed by atoms with van der Waals surface area (Å²) >= 11 is 5.87. The topological polar surface area (TPSA) is 86.1 Å². The van der Waals surface area contributed by atoms with Crippen molar-refractivity contribution in [2.24, 2.45) is 5.11 Å². The first-order valence-electron chi connectivity index (χ1n) is 4.31. The van der Waals surface area contributed by atoms with Crippen LogP contribution in [0.2, 0.25) is 5.02 Å². The molecule has 0 radical (unpaired) electrons. The van der Waals surface area contributed by atoms with Gasteiger partial charge in [-0.05, 0) is 35.7 Å². The number of aliphatic carboxylic acids is 1. The lowest BCUT2D eigenvalue weighted by Gasteiger charge is -2.02. The lowest BCUT2D eigenvalue weighted by atomic mass is 10.1. The van der Waals surface area contributed by atoms with Gasteiger partial charge in [0.25, 0.3) is 0 Å². The van der Waals surface area contributed by atoms with E-state index in [9.17, 15) is 4.79 Å². The fourth-order valence-electron chi connectivity index (χ4n) is 1.11. The average Bonchev–Trinajstić information content (AvgIpc) is 2.23. The van der Waals surface area contributed by atoms with Crippen LogP contribution in [0.4, 0.5) is 0 Å². The highest BCUT2D eigenvalue weighted by Gasteiger charge is 2.06. The van der Waals surface area contributed by atoms with Crippen LogP contribution in [0, 0.1) is 6.92 Å². The molecule has 1 N–H and O–H groups in total. The Hall–Kier alpha value is -1.97. The first-order valence-corrected chi connectivity index (χ1v) is 4.69.